The zero-order valence-electron chi connectivity index (χ0n) is 15.0. The Hall–Kier alpha value is -1.59. The van der Waals surface area contributed by atoms with Crippen molar-refractivity contribution < 1.29 is 14.6 Å². The van der Waals surface area contributed by atoms with Crippen LogP contribution in [0.15, 0.2) is 18.2 Å². The molecule has 1 aromatic rings. The second-order valence-electron chi connectivity index (χ2n) is 6.70. The molecule has 134 valence electrons. The van der Waals surface area contributed by atoms with E-state index >= 15 is 0 Å². The minimum atomic E-state index is -0.522. The molecule has 2 rings (SSSR count). The molecule has 0 bridgehead atoms. The van der Waals surface area contributed by atoms with Crippen molar-refractivity contribution in [1.82, 2.24) is 10.2 Å². The van der Waals surface area contributed by atoms with E-state index in [4.69, 9.17) is 4.74 Å². The lowest BCUT2D eigenvalue weighted by Crippen LogP contribution is -2.44. The molecule has 1 aromatic carbocycles. The van der Waals surface area contributed by atoms with Gasteiger partial charge < -0.3 is 20.1 Å². The number of carbonyl (C=O) groups is 1. The molecule has 1 aliphatic rings. The number of hydrogen-bond acceptors (Lipinski definition) is 4. The number of nitrogens with one attached hydrogen (secondary N) is 1. The number of aliphatic hydroxyl groups is 1. The van der Waals surface area contributed by atoms with Crippen LogP contribution in [0.3, 0.4) is 0 Å². The largest absolute Gasteiger partial charge is 0.491 e. The van der Waals surface area contributed by atoms with Crippen molar-refractivity contribution in [2.75, 3.05) is 32.8 Å². The average Bonchev–Trinajstić information content (AvgIpc) is 2.56. The SMILES string of the molecule is CCNC(=O)C1CCN(CC(O)COc2cc(C)ccc2C)CC1. The molecule has 0 radical (unpaired) electrons. The second kappa shape index (κ2) is 9.04. The number of rotatable bonds is 7. The van der Waals surface area contributed by atoms with Crippen LogP contribution in [0.1, 0.15) is 30.9 Å². The first-order valence-corrected chi connectivity index (χ1v) is 8.87. The van der Waals surface area contributed by atoms with Gasteiger partial charge in [0.15, 0.2) is 0 Å². The van der Waals surface area contributed by atoms with E-state index in [1.165, 1.54) is 0 Å². The predicted octanol–water partition coefficient (Wildman–Crippen LogP) is 1.89. The lowest BCUT2D eigenvalue weighted by Gasteiger charge is -2.32. The van der Waals surface area contributed by atoms with Crippen molar-refractivity contribution in [2.24, 2.45) is 5.92 Å². The van der Waals surface area contributed by atoms with E-state index in [2.05, 4.69) is 16.3 Å². The van der Waals surface area contributed by atoms with Crippen molar-refractivity contribution >= 4 is 5.91 Å². The van der Waals surface area contributed by atoms with Crippen LogP contribution in [0.25, 0.3) is 0 Å². The Morgan fingerprint density at radius 2 is 2.08 bits per heavy atom. The third kappa shape index (κ3) is 5.49. The molecule has 0 saturated carbocycles. The normalized spacial score (nSPS) is 17.5. The predicted molar refractivity (Wildman–Crippen MR) is 95.3 cm³/mol. The molecule has 1 fully saturated rings. The molecule has 1 aliphatic heterocycles. The first-order valence-electron chi connectivity index (χ1n) is 8.87. The zero-order valence-corrected chi connectivity index (χ0v) is 15.0. The number of nitrogens with zero attached hydrogens (tertiary/aromatic N) is 1. The summed E-state index contributed by atoms with van der Waals surface area (Å²) < 4.78 is 5.77. The van der Waals surface area contributed by atoms with Gasteiger partial charge in [-0.1, -0.05) is 12.1 Å². The van der Waals surface area contributed by atoms with Crippen LogP contribution < -0.4 is 10.1 Å². The molecule has 0 spiro atoms. The highest BCUT2D eigenvalue weighted by atomic mass is 16.5. The molecule has 0 aromatic heterocycles. The standard InChI is InChI=1S/C19H30N2O3/c1-4-20-19(23)16-7-9-21(10-8-16)12-17(22)13-24-18-11-14(2)5-6-15(18)3/h5-6,11,16-17,22H,4,7-10,12-13H2,1-3H3,(H,20,23). The highest BCUT2D eigenvalue weighted by Gasteiger charge is 2.25. The van der Waals surface area contributed by atoms with E-state index in [0.717, 1.165) is 42.8 Å². The highest BCUT2D eigenvalue weighted by molar-refractivity contribution is 5.78. The van der Waals surface area contributed by atoms with E-state index in [1.54, 1.807) is 0 Å². The maximum atomic E-state index is 11.8. The van der Waals surface area contributed by atoms with Gasteiger partial charge in [0, 0.05) is 19.0 Å². The monoisotopic (exact) mass is 334 g/mol. The van der Waals surface area contributed by atoms with E-state index in [9.17, 15) is 9.90 Å². The van der Waals surface area contributed by atoms with Crippen LogP contribution in [0.2, 0.25) is 0 Å². The molecular formula is C19H30N2O3. The van der Waals surface area contributed by atoms with Gasteiger partial charge in [-0.25, -0.2) is 0 Å². The fourth-order valence-electron chi connectivity index (χ4n) is 3.10. The van der Waals surface area contributed by atoms with Gasteiger partial charge in [0.1, 0.15) is 18.5 Å². The van der Waals surface area contributed by atoms with Crippen LogP contribution in [0.5, 0.6) is 5.75 Å². The summed E-state index contributed by atoms with van der Waals surface area (Å²) in [6.45, 7) is 9.25. The third-order valence-electron chi connectivity index (χ3n) is 4.55. The zero-order chi connectivity index (χ0) is 17.5. The Morgan fingerprint density at radius 1 is 1.38 bits per heavy atom. The molecule has 1 atom stereocenters. The Labute approximate surface area is 145 Å². The Kier molecular flexibility index (Phi) is 7.06. The molecule has 1 unspecified atom stereocenters. The van der Waals surface area contributed by atoms with Crippen molar-refractivity contribution in [2.45, 2.75) is 39.7 Å². The summed E-state index contributed by atoms with van der Waals surface area (Å²) in [7, 11) is 0. The molecule has 0 aliphatic carbocycles. The van der Waals surface area contributed by atoms with Crippen LogP contribution in [0.4, 0.5) is 0 Å². The number of piperidine rings is 1. The van der Waals surface area contributed by atoms with Gasteiger partial charge in [0.25, 0.3) is 0 Å². The van der Waals surface area contributed by atoms with Gasteiger partial charge >= 0.3 is 0 Å². The van der Waals surface area contributed by atoms with E-state index in [1.807, 2.05) is 32.9 Å². The van der Waals surface area contributed by atoms with Crippen molar-refractivity contribution in [1.29, 1.82) is 0 Å². The fraction of sp³-hybridized carbons (Fsp3) is 0.632. The number of aryl methyl sites for hydroxylation is 2. The lowest BCUT2D eigenvalue weighted by atomic mass is 9.96. The Morgan fingerprint density at radius 3 is 2.75 bits per heavy atom. The maximum absolute atomic E-state index is 11.8. The summed E-state index contributed by atoms with van der Waals surface area (Å²) in [5.74, 6) is 1.12. The second-order valence-corrected chi connectivity index (χ2v) is 6.70. The quantitative estimate of drug-likeness (QED) is 0.799. The van der Waals surface area contributed by atoms with Crippen molar-refractivity contribution in [3.8, 4) is 5.75 Å². The number of ether oxygens (including phenoxy) is 1. The molecule has 24 heavy (non-hydrogen) atoms. The number of hydrogen-bond donors (Lipinski definition) is 2. The first-order chi connectivity index (χ1) is 11.5. The smallest absolute Gasteiger partial charge is 0.223 e. The number of likely N-dealkylation sites (tertiary alicyclic amines) is 1. The van der Waals surface area contributed by atoms with Crippen LogP contribution in [-0.2, 0) is 4.79 Å². The Balaban J connectivity index is 1.72. The maximum Gasteiger partial charge on any atom is 0.223 e. The van der Waals surface area contributed by atoms with Crippen LogP contribution in [-0.4, -0.2) is 54.8 Å². The van der Waals surface area contributed by atoms with Gasteiger partial charge in [0.05, 0.1) is 0 Å². The number of aliphatic hydroxyl groups excluding tert-OH is 1. The number of amides is 1. The highest BCUT2D eigenvalue weighted by Crippen LogP contribution is 2.20. The molecule has 5 heteroatoms. The average molecular weight is 334 g/mol. The molecule has 2 N–H and O–H groups in total. The summed E-state index contributed by atoms with van der Waals surface area (Å²) in [5.41, 5.74) is 2.23. The fourth-order valence-corrected chi connectivity index (χ4v) is 3.10. The van der Waals surface area contributed by atoms with Gasteiger partial charge in [-0.05, 0) is 63.9 Å². The molecule has 5 nitrogen and oxygen atoms in total. The minimum Gasteiger partial charge on any atom is -0.491 e. The van der Waals surface area contributed by atoms with E-state index < -0.39 is 6.10 Å². The van der Waals surface area contributed by atoms with Crippen molar-refractivity contribution in [3.05, 3.63) is 29.3 Å². The third-order valence-corrected chi connectivity index (χ3v) is 4.55. The lowest BCUT2D eigenvalue weighted by molar-refractivity contribution is -0.126. The summed E-state index contributed by atoms with van der Waals surface area (Å²) in [5, 5.41) is 13.1. The first kappa shape index (κ1) is 18.7. The van der Waals surface area contributed by atoms with Gasteiger partial charge in [-0.2, -0.15) is 0 Å². The van der Waals surface area contributed by atoms with E-state index in [-0.39, 0.29) is 11.8 Å². The van der Waals surface area contributed by atoms with Gasteiger partial charge in [-0.3, -0.25) is 4.79 Å². The van der Waals surface area contributed by atoms with Gasteiger partial charge in [0.2, 0.25) is 5.91 Å². The minimum absolute atomic E-state index is 0.115. The summed E-state index contributed by atoms with van der Waals surface area (Å²) in [6.07, 6.45) is 1.19. The number of carbonyl (C=O) groups excluding carboxylic acids is 1. The van der Waals surface area contributed by atoms with Crippen LogP contribution in [0, 0.1) is 19.8 Å². The topological polar surface area (TPSA) is 61.8 Å². The van der Waals surface area contributed by atoms with Gasteiger partial charge in [-0.15, -0.1) is 0 Å². The Bertz CT molecular complexity index is 539. The molecule has 1 heterocycles. The molecule has 1 amide bonds. The number of benzene rings is 1. The molecular weight excluding hydrogens is 304 g/mol. The summed E-state index contributed by atoms with van der Waals surface area (Å²) in [4.78, 5) is 14.1. The van der Waals surface area contributed by atoms with E-state index in [0.29, 0.717) is 19.7 Å². The number of β-amino-alcohol motifs (C(OH)–C–C–N with tert-alkyl or cyclic N) is 1. The summed E-state index contributed by atoms with van der Waals surface area (Å²) >= 11 is 0. The summed E-state index contributed by atoms with van der Waals surface area (Å²) in [6, 6.07) is 6.08. The van der Waals surface area contributed by atoms with Crippen LogP contribution >= 0.6 is 0 Å². The molecule has 1 saturated heterocycles. The van der Waals surface area contributed by atoms with Crippen molar-refractivity contribution in [3.63, 3.8) is 0 Å².